The van der Waals surface area contributed by atoms with Gasteiger partial charge in [-0.25, -0.2) is 8.42 Å². The monoisotopic (exact) mass is 501 g/mol. The number of nitrogens with one attached hydrogen (secondary N) is 2. The molecule has 0 bridgehead atoms. The number of aliphatic imine (C=N–C) groups is 1. The van der Waals surface area contributed by atoms with Crippen molar-refractivity contribution in [2.24, 2.45) is 10.9 Å². The van der Waals surface area contributed by atoms with Crippen molar-refractivity contribution in [3.8, 4) is 0 Å². The predicted octanol–water partition coefficient (Wildman–Crippen LogP) is 2.80. The molecule has 2 unspecified atom stereocenters. The van der Waals surface area contributed by atoms with Gasteiger partial charge < -0.3 is 10.6 Å². The number of halogens is 1. The van der Waals surface area contributed by atoms with Crippen LogP contribution in [0, 0.1) is 5.92 Å². The van der Waals surface area contributed by atoms with Gasteiger partial charge in [-0.05, 0) is 43.8 Å². The molecule has 0 spiro atoms. The Morgan fingerprint density at radius 1 is 1.08 bits per heavy atom. The second-order valence-electron chi connectivity index (χ2n) is 7.45. The summed E-state index contributed by atoms with van der Waals surface area (Å²) in [7, 11) is -2.81. The van der Waals surface area contributed by atoms with E-state index in [4.69, 9.17) is 4.99 Å². The van der Waals surface area contributed by atoms with Gasteiger partial charge in [0.15, 0.2) is 15.8 Å². The third-order valence-corrected chi connectivity index (χ3v) is 8.54. The fourth-order valence-electron chi connectivity index (χ4n) is 3.83. The zero-order valence-electron chi connectivity index (χ0n) is 14.9. The van der Waals surface area contributed by atoms with E-state index in [-0.39, 0.29) is 29.9 Å². The van der Waals surface area contributed by atoms with E-state index in [0.29, 0.717) is 29.3 Å². The van der Waals surface area contributed by atoms with E-state index in [1.54, 1.807) is 0 Å². The molecule has 0 aromatic carbocycles. The molecular formula is C17H32IN3O2S2. The minimum absolute atomic E-state index is 0. The summed E-state index contributed by atoms with van der Waals surface area (Å²) in [5, 5.41) is 7.79. The van der Waals surface area contributed by atoms with Crippen LogP contribution >= 0.6 is 35.7 Å². The third-order valence-electron chi connectivity index (χ3n) is 5.30. The lowest BCUT2D eigenvalue weighted by atomic mass is 10.1. The molecular weight excluding hydrogens is 469 g/mol. The van der Waals surface area contributed by atoms with Gasteiger partial charge in [0.1, 0.15) is 0 Å². The lowest BCUT2D eigenvalue weighted by molar-refractivity contribution is 0.576. The summed E-state index contributed by atoms with van der Waals surface area (Å²) in [6.07, 6.45) is 9.76. The summed E-state index contributed by atoms with van der Waals surface area (Å²) < 4.78 is 23.2. The van der Waals surface area contributed by atoms with Crippen molar-refractivity contribution < 1.29 is 8.42 Å². The van der Waals surface area contributed by atoms with Gasteiger partial charge in [0.25, 0.3) is 0 Å². The lowest BCUT2D eigenvalue weighted by Crippen LogP contribution is -2.45. The van der Waals surface area contributed by atoms with Gasteiger partial charge in [0, 0.05) is 24.4 Å². The predicted molar refractivity (Wildman–Crippen MR) is 118 cm³/mol. The summed E-state index contributed by atoms with van der Waals surface area (Å²) in [6, 6.07) is 0.530. The van der Waals surface area contributed by atoms with Gasteiger partial charge in [0.05, 0.1) is 11.5 Å². The van der Waals surface area contributed by atoms with Gasteiger partial charge >= 0.3 is 0 Å². The molecule has 0 radical (unpaired) electrons. The van der Waals surface area contributed by atoms with Gasteiger partial charge in [0.2, 0.25) is 0 Å². The van der Waals surface area contributed by atoms with E-state index in [1.165, 1.54) is 50.7 Å². The molecule has 1 saturated carbocycles. The third kappa shape index (κ3) is 7.44. The highest BCUT2D eigenvalue weighted by molar-refractivity contribution is 14.0. The molecule has 0 amide bonds. The average molecular weight is 502 g/mol. The maximum Gasteiger partial charge on any atom is 0.191 e. The summed E-state index contributed by atoms with van der Waals surface area (Å²) in [5.41, 5.74) is 0. The molecule has 2 N–H and O–H groups in total. The second kappa shape index (κ2) is 10.6. The number of thioether (sulfide) groups is 1. The Morgan fingerprint density at radius 2 is 1.84 bits per heavy atom. The normalized spacial score (nSPS) is 30.0. The summed E-state index contributed by atoms with van der Waals surface area (Å²) in [6.45, 7) is 1.59. The van der Waals surface area contributed by atoms with Crippen molar-refractivity contribution in [3.05, 3.63) is 0 Å². The Bertz CT molecular complexity index is 530. The Balaban J connectivity index is 0.00000225. The molecule has 146 valence electrons. The van der Waals surface area contributed by atoms with E-state index in [1.807, 2.05) is 0 Å². The van der Waals surface area contributed by atoms with Crippen LogP contribution in [0.25, 0.3) is 0 Å². The molecule has 3 aliphatic rings. The van der Waals surface area contributed by atoms with Crippen molar-refractivity contribution in [1.29, 1.82) is 0 Å². The maximum atomic E-state index is 11.6. The maximum absolute atomic E-state index is 11.6. The van der Waals surface area contributed by atoms with Gasteiger partial charge in [-0.2, -0.15) is 11.8 Å². The Hall–Kier alpha value is 0.300. The molecule has 0 aromatic heterocycles. The first-order chi connectivity index (χ1) is 11.6. The summed E-state index contributed by atoms with van der Waals surface area (Å²) in [4.78, 5) is 4.74. The molecule has 3 rings (SSSR count). The molecule has 2 heterocycles. The van der Waals surface area contributed by atoms with Crippen LogP contribution in [-0.4, -0.2) is 56.0 Å². The van der Waals surface area contributed by atoms with E-state index in [2.05, 4.69) is 22.4 Å². The van der Waals surface area contributed by atoms with Gasteiger partial charge in [-0.15, -0.1) is 24.0 Å². The van der Waals surface area contributed by atoms with Crippen molar-refractivity contribution in [1.82, 2.24) is 10.6 Å². The Kier molecular flexibility index (Phi) is 9.15. The highest BCUT2D eigenvalue weighted by Gasteiger charge is 2.27. The molecule has 0 aromatic rings. The van der Waals surface area contributed by atoms with Crippen LogP contribution in [0.15, 0.2) is 4.99 Å². The van der Waals surface area contributed by atoms with Crippen LogP contribution in [0.4, 0.5) is 0 Å². The van der Waals surface area contributed by atoms with Crippen molar-refractivity contribution in [2.75, 3.05) is 30.3 Å². The fourth-order valence-corrected chi connectivity index (χ4v) is 6.92. The van der Waals surface area contributed by atoms with Crippen molar-refractivity contribution in [2.45, 2.75) is 62.7 Å². The topological polar surface area (TPSA) is 70.6 Å². The van der Waals surface area contributed by atoms with Gasteiger partial charge in [-0.3, -0.25) is 4.99 Å². The Labute approximate surface area is 173 Å². The van der Waals surface area contributed by atoms with Crippen LogP contribution in [-0.2, 0) is 9.84 Å². The van der Waals surface area contributed by atoms with E-state index >= 15 is 0 Å². The highest BCUT2D eigenvalue weighted by Crippen LogP contribution is 2.24. The lowest BCUT2D eigenvalue weighted by Gasteiger charge is -2.24. The second-order valence-corrected chi connectivity index (χ2v) is 11.1. The number of hydrogen-bond acceptors (Lipinski definition) is 4. The van der Waals surface area contributed by atoms with E-state index in [9.17, 15) is 8.42 Å². The number of rotatable bonds is 5. The standard InChI is InChI=1S/C17H31N3O2S2.HI/c21-24(22)10-8-14(13-24)11-18-17(20-15-5-1-2-6-15)19-12-16-7-3-4-9-23-16;/h14-16H,1-13H2,(H2,18,19,20);1H. The average Bonchev–Trinajstić information content (AvgIpc) is 3.20. The first-order valence-corrected chi connectivity index (χ1v) is 12.3. The molecule has 2 aliphatic heterocycles. The van der Waals surface area contributed by atoms with Crippen LogP contribution < -0.4 is 10.6 Å². The SMILES string of the molecule is I.O=S1(=O)CCC(CN=C(NCC2CCCCS2)NC2CCCC2)C1. The van der Waals surface area contributed by atoms with E-state index in [0.717, 1.165) is 18.9 Å². The summed E-state index contributed by atoms with van der Waals surface area (Å²) in [5.74, 6) is 3.02. The fraction of sp³-hybridized carbons (Fsp3) is 0.941. The smallest absolute Gasteiger partial charge is 0.191 e. The zero-order valence-corrected chi connectivity index (χ0v) is 18.9. The number of hydrogen-bond donors (Lipinski definition) is 2. The van der Waals surface area contributed by atoms with Gasteiger partial charge in [-0.1, -0.05) is 19.3 Å². The summed E-state index contributed by atoms with van der Waals surface area (Å²) >= 11 is 2.07. The van der Waals surface area contributed by atoms with Crippen LogP contribution in [0.5, 0.6) is 0 Å². The van der Waals surface area contributed by atoms with Crippen molar-refractivity contribution >= 4 is 51.5 Å². The number of guanidine groups is 1. The first kappa shape index (κ1) is 21.6. The Morgan fingerprint density at radius 3 is 2.48 bits per heavy atom. The molecule has 2 saturated heterocycles. The molecule has 2 atom stereocenters. The zero-order chi connectivity index (χ0) is 16.8. The van der Waals surface area contributed by atoms with Crippen LogP contribution in [0.1, 0.15) is 51.4 Å². The number of nitrogens with zero attached hydrogens (tertiary/aromatic N) is 1. The molecule has 5 nitrogen and oxygen atoms in total. The van der Waals surface area contributed by atoms with E-state index < -0.39 is 9.84 Å². The first-order valence-electron chi connectivity index (χ1n) is 9.47. The van der Waals surface area contributed by atoms with Crippen LogP contribution in [0.2, 0.25) is 0 Å². The molecule has 8 heteroatoms. The minimum Gasteiger partial charge on any atom is -0.355 e. The van der Waals surface area contributed by atoms with Crippen LogP contribution in [0.3, 0.4) is 0 Å². The van der Waals surface area contributed by atoms with Crippen molar-refractivity contribution in [3.63, 3.8) is 0 Å². The largest absolute Gasteiger partial charge is 0.355 e. The molecule has 25 heavy (non-hydrogen) atoms. The minimum atomic E-state index is -2.81. The quantitative estimate of drug-likeness (QED) is 0.345. The molecule has 3 fully saturated rings. The number of sulfone groups is 1. The highest BCUT2D eigenvalue weighted by atomic mass is 127. The molecule has 1 aliphatic carbocycles.